The number of aromatic nitrogens is 3. The van der Waals surface area contributed by atoms with Crippen LogP contribution in [0.2, 0.25) is 5.02 Å². The molecule has 1 aromatic carbocycles. The van der Waals surface area contributed by atoms with Gasteiger partial charge in [-0.05, 0) is 57.4 Å². The maximum absolute atomic E-state index is 12.5. The van der Waals surface area contributed by atoms with E-state index in [0.717, 1.165) is 48.8 Å². The van der Waals surface area contributed by atoms with E-state index in [1.54, 1.807) is 4.90 Å². The van der Waals surface area contributed by atoms with Crippen LogP contribution in [0, 0.1) is 5.41 Å². The number of fused-ring (bicyclic) bond motifs is 3. The lowest BCUT2D eigenvalue weighted by molar-refractivity contribution is -0.132. The molecule has 1 saturated heterocycles. The molecule has 1 saturated carbocycles. The molecule has 8 nitrogen and oxygen atoms in total. The van der Waals surface area contributed by atoms with Crippen molar-refractivity contribution in [2.24, 2.45) is 5.41 Å². The zero-order valence-corrected chi connectivity index (χ0v) is 20.4. The molecule has 0 unspecified atom stereocenters. The zero-order valence-electron chi connectivity index (χ0n) is 19.6. The molecular formula is C24H30ClN5O3. The van der Waals surface area contributed by atoms with Crippen molar-refractivity contribution in [1.29, 1.82) is 0 Å². The summed E-state index contributed by atoms with van der Waals surface area (Å²) in [4.78, 5) is 28.5. The highest BCUT2D eigenvalue weighted by atomic mass is 35.5. The summed E-state index contributed by atoms with van der Waals surface area (Å²) in [5.41, 5.74) is 1.65. The summed E-state index contributed by atoms with van der Waals surface area (Å²) in [6, 6.07) is 5.80. The Kier molecular flexibility index (Phi) is 5.19. The Bertz CT molecular complexity index is 1110. The molecular weight excluding hydrogens is 442 g/mol. The summed E-state index contributed by atoms with van der Waals surface area (Å²) in [5.74, 6) is 2.06. The molecule has 2 aromatic rings. The highest BCUT2D eigenvalue weighted by Gasteiger charge is 2.56. The Labute approximate surface area is 198 Å². The molecule has 0 radical (unpaired) electrons. The average molecular weight is 472 g/mol. The van der Waals surface area contributed by atoms with Crippen LogP contribution in [0.3, 0.4) is 0 Å². The third kappa shape index (κ3) is 3.98. The first-order valence-electron chi connectivity index (χ1n) is 11.6. The topological polar surface area (TPSA) is 80.6 Å². The van der Waals surface area contributed by atoms with E-state index in [0.29, 0.717) is 24.5 Å². The molecule has 2 amide bonds. The van der Waals surface area contributed by atoms with Gasteiger partial charge < -0.3 is 14.5 Å². The molecule has 3 heterocycles. The predicted molar refractivity (Wildman–Crippen MR) is 123 cm³/mol. The highest BCUT2D eigenvalue weighted by molar-refractivity contribution is 6.30. The largest absolute Gasteiger partial charge is 0.444 e. The molecule has 33 heavy (non-hydrogen) atoms. The normalized spacial score (nSPS) is 19.3. The first-order chi connectivity index (χ1) is 15.6. The smallest absolute Gasteiger partial charge is 0.410 e. The van der Waals surface area contributed by atoms with Crippen molar-refractivity contribution in [2.75, 3.05) is 13.1 Å². The number of carbonyl (C=O) groups is 2. The fraction of sp³-hybridized carbons (Fsp3) is 0.583. The van der Waals surface area contributed by atoms with Crippen LogP contribution in [0.25, 0.3) is 5.69 Å². The highest BCUT2D eigenvalue weighted by Crippen LogP contribution is 2.56. The van der Waals surface area contributed by atoms with E-state index in [1.165, 1.54) is 0 Å². The standard InChI is InChI=1S/C24H30ClN5O3/c1-5-20(31)28-11-15-8-17(25)6-7-18(15)30-19(12-28)26-27-21(30)16-9-24(10-16)13-29(14-24)22(32)33-23(2,3)4/h6-8,16H,5,9-14H2,1-4H3. The quantitative estimate of drug-likeness (QED) is 0.652. The van der Waals surface area contributed by atoms with Crippen LogP contribution in [0.1, 0.15) is 70.1 Å². The van der Waals surface area contributed by atoms with Gasteiger partial charge in [0.1, 0.15) is 11.4 Å². The average Bonchev–Trinajstić information content (AvgIpc) is 2.99. The third-order valence-electron chi connectivity index (χ3n) is 6.81. The Morgan fingerprint density at radius 2 is 1.88 bits per heavy atom. The van der Waals surface area contributed by atoms with Crippen molar-refractivity contribution in [3.05, 3.63) is 40.4 Å². The lowest BCUT2D eigenvalue weighted by Gasteiger charge is -2.58. The second-order valence-electron chi connectivity index (χ2n) is 10.6. The molecule has 2 fully saturated rings. The number of likely N-dealkylation sites (tertiary alicyclic amines) is 1. The first-order valence-corrected chi connectivity index (χ1v) is 11.9. The molecule has 1 aromatic heterocycles. The number of carbonyl (C=O) groups excluding carboxylic acids is 2. The van der Waals surface area contributed by atoms with Crippen LogP contribution in [0.4, 0.5) is 4.79 Å². The number of hydrogen-bond donors (Lipinski definition) is 0. The minimum absolute atomic E-state index is 0.0817. The predicted octanol–water partition coefficient (Wildman–Crippen LogP) is 4.29. The summed E-state index contributed by atoms with van der Waals surface area (Å²) in [7, 11) is 0. The number of benzene rings is 1. The summed E-state index contributed by atoms with van der Waals surface area (Å²) in [5, 5.41) is 9.70. The molecule has 0 bridgehead atoms. The minimum Gasteiger partial charge on any atom is -0.444 e. The van der Waals surface area contributed by atoms with E-state index in [2.05, 4.69) is 14.8 Å². The molecule has 1 aliphatic carbocycles. The van der Waals surface area contributed by atoms with Crippen molar-refractivity contribution in [3.63, 3.8) is 0 Å². The molecule has 176 valence electrons. The maximum atomic E-state index is 12.5. The van der Waals surface area contributed by atoms with E-state index >= 15 is 0 Å². The van der Waals surface area contributed by atoms with Crippen LogP contribution in [-0.2, 0) is 22.6 Å². The number of hydrogen-bond acceptors (Lipinski definition) is 5. The molecule has 0 atom stereocenters. The van der Waals surface area contributed by atoms with Crippen LogP contribution < -0.4 is 0 Å². The van der Waals surface area contributed by atoms with Crippen LogP contribution in [0.5, 0.6) is 0 Å². The Morgan fingerprint density at radius 3 is 2.55 bits per heavy atom. The van der Waals surface area contributed by atoms with Gasteiger partial charge in [-0.2, -0.15) is 0 Å². The van der Waals surface area contributed by atoms with Gasteiger partial charge in [-0.3, -0.25) is 9.36 Å². The number of ether oxygens (including phenoxy) is 1. The second-order valence-corrected chi connectivity index (χ2v) is 11.1. The van der Waals surface area contributed by atoms with E-state index in [-0.39, 0.29) is 23.3 Å². The molecule has 2 aliphatic heterocycles. The van der Waals surface area contributed by atoms with Gasteiger partial charge in [-0.15, -0.1) is 10.2 Å². The van der Waals surface area contributed by atoms with Crippen LogP contribution in [0.15, 0.2) is 18.2 Å². The van der Waals surface area contributed by atoms with Crippen molar-refractivity contribution in [2.45, 2.75) is 71.6 Å². The first kappa shape index (κ1) is 22.2. The fourth-order valence-electron chi connectivity index (χ4n) is 5.34. The summed E-state index contributed by atoms with van der Waals surface area (Å²) in [6.07, 6.45) is 2.13. The Morgan fingerprint density at radius 1 is 1.15 bits per heavy atom. The number of rotatable bonds is 2. The van der Waals surface area contributed by atoms with Gasteiger partial charge in [0.25, 0.3) is 0 Å². The molecule has 5 rings (SSSR count). The molecule has 1 spiro atoms. The molecule has 3 aliphatic rings. The van der Waals surface area contributed by atoms with E-state index in [1.807, 2.05) is 50.8 Å². The van der Waals surface area contributed by atoms with E-state index < -0.39 is 5.60 Å². The number of halogens is 1. The van der Waals surface area contributed by atoms with Gasteiger partial charge in [-0.1, -0.05) is 18.5 Å². The number of amides is 2. The van der Waals surface area contributed by atoms with E-state index in [4.69, 9.17) is 16.3 Å². The van der Waals surface area contributed by atoms with Gasteiger partial charge >= 0.3 is 6.09 Å². The fourth-order valence-corrected chi connectivity index (χ4v) is 5.53. The van der Waals surface area contributed by atoms with Gasteiger partial charge in [-0.25, -0.2) is 4.79 Å². The van der Waals surface area contributed by atoms with Gasteiger partial charge in [0.2, 0.25) is 5.91 Å². The minimum atomic E-state index is -0.482. The Balaban J connectivity index is 1.35. The number of nitrogens with zero attached hydrogens (tertiary/aromatic N) is 5. The summed E-state index contributed by atoms with van der Waals surface area (Å²) in [6.45, 7) is 9.91. The van der Waals surface area contributed by atoms with Crippen molar-refractivity contribution in [3.8, 4) is 5.69 Å². The SMILES string of the molecule is CCC(=O)N1Cc2cc(Cl)ccc2-n2c(nnc2C2CC3(C2)CN(C(=O)OC(C)(C)C)C3)C1. The molecule has 0 N–H and O–H groups in total. The lowest BCUT2D eigenvalue weighted by atomic mass is 9.57. The van der Waals surface area contributed by atoms with Gasteiger partial charge in [0.05, 0.1) is 12.2 Å². The monoisotopic (exact) mass is 471 g/mol. The van der Waals surface area contributed by atoms with Crippen LogP contribution >= 0.6 is 11.6 Å². The van der Waals surface area contributed by atoms with Crippen LogP contribution in [-0.4, -0.2) is 55.3 Å². The lowest BCUT2D eigenvalue weighted by Crippen LogP contribution is -2.63. The maximum Gasteiger partial charge on any atom is 0.410 e. The van der Waals surface area contributed by atoms with E-state index in [9.17, 15) is 9.59 Å². The van der Waals surface area contributed by atoms with Crippen molar-refractivity contribution < 1.29 is 14.3 Å². The molecule has 9 heteroatoms. The summed E-state index contributed by atoms with van der Waals surface area (Å²) < 4.78 is 7.62. The summed E-state index contributed by atoms with van der Waals surface area (Å²) >= 11 is 6.29. The van der Waals surface area contributed by atoms with Crippen molar-refractivity contribution >= 4 is 23.6 Å². The second kappa shape index (κ2) is 7.72. The zero-order chi connectivity index (χ0) is 23.5. The Hall–Kier alpha value is -2.61. The van der Waals surface area contributed by atoms with Crippen molar-refractivity contribution in [1.82, 2.24) is 24.6 Å². The van der Waals surface area contributed by atoms with Gasteiger partial charge in [0.15, 0.2) is 5.82 Å². The third-order valence-corrected chi connectivity index (χ3v) is 7.05. The van der Waals surface area contributed by atoms with Gasteiger partial charge in [0, 0.05) is 42.4 Å².